The Bertz CT molecular complexity index is 881. The Morgan fingerprint density at radius 2 is 1.83 bits per heavy atom. The van der Waals surface area contributed by atoms with Gasteiger partial charge in [0.1, 0.15) is 0 Å². The van der Waals surface area contributed by atoms with Crippen LogP contribution in [0.5, 0.6) is 0 Å². The summed E-state index contributed by atoms with van der Waals surface area (Å²) >= 11 is 2.91. The lowest BCUT2D eigenvalue weighted by atomic mass is 10.1. The zero-order valence-electron chi connectivity index (χ0n) is 13.2. The standard InChI is InChI=1S/C16H14F3N3S2/c1-8-11(16(17,18)19)5-4-6-12(8)21-15-22-13(7-23-15)14-9(2)20-10(3)24-14/h4-7H,1-3H3,(H,21,22). The number of nitrogens with zero attached hydrogens (tertiary/aromatic N) is 2. The van der Waals surface area contributed by atoms with Crippen molar-refractivity contribution in [3.05, 3.63) is 45.4 Å². The highest BCUT2D eigenvalue weighted by molar-refractivity contribution is 7.16. The number of hydrogen-bond acceptors (Lipinski definition) is 5. The number of benzene rings is 1. The topological polar surface area (TPSA) is 37.8 Å². The lowest BCUT2D eigenvalue weighted by Gasteiger charge is -2.14. The van der Waals surface area contributed by atoms with Gasteiger partial charge in [0.05, 0.1) is 26.8 Å². The largest absolute Gasteiger partial charge is 0.416 e. The molecular formula is C16H14F3N3S2. The van der Waals surface area contributed by atoms with Gasteiger partial charge in [0.2, 0.25) is 0 Å². The molecule has 0 aliphatic carbocycles. The highest BCUT2D eigenvalue weighted by atomic mass is 32.1. The minimum absolute atomic E-state index is 0.159. The molecule has 3 nitrogen and oxygen atoms in total. The molecule has 3 aromatic rings. The van der Waals surface area contributed by atoms with E-state index >= 15 is 0 Å². The Morgan fingerprint density at radius 1 is 1.08 bits per heavy atom. The molecule has 24 heavy (non-hydrogen) atoms. The number of halogens is 3. The molecule has 0 aliphatic heterocycles. The van der Waals surface area contributed by atoms with E-state index in [0.29, 0.717) is 10.8 Å². The third-order valence-corrected chi connectivity index (χ3v) is 5.37. The number of hydrogen-bond donors (Lipinski definition) is 1. The van der Waals surface area contributed by atoms with E-state index < -0.39 is 11.7 Å². The normalized spacial score (nSPS) is 11.8. The zero-order chi connectivity index (χ0) is 17.5. The van der Waals surface area contributed by atoms with Gasteiger partial charge in [-0.15, -0.1) is 22.7 Å². The van der Waals surface area contributed by atoms with Gasteiger partial charge >= 0.3 is 6.18 Å². The summed E-state index contributed by atoms with van der Waals surface area (Å²) in [6.45, 7) is 5.30. The molecule has 0 atom stereocenters. The molecule has 3 rings (SSSR count). The van der Waals surface area contributed by atoms with Crippen molar-refractivity contribution in [1.29, 1.82) is 0 Å². The maximum atomic E-state index is 13.0. The number of aryl methyl sites for hydroxylation is 2. The third-order valence-electron chi connectivity index (χ3n) is 3.52. The summed E-state index contributed by atoms with van der Waals surface area (Å²) in [5.74, 6) is 0. The van der Waals surface area contributed by atoms with E-state index in [9.17, 15) is 13.2 Å². The van der Waals surface area contributed by atoms with Crippen LogP contribution in [0.3, 0.4) is 0 Å². The minimum Gasteiger partial charge on any atom is -0.331 e. The smallest absolute Gasteiger partial charge is 0.331 e. The summed E-state index contributed by atoms with van der Waals surface area (Å²) in [6, 6.07) is 4.09. The van der Waals surface area contributed by atoms with E-state index in [-0.39, 0.29) is 5.56 Å². The summed E-state index contributed by atoms with van der Waals surface area (Å²) in [6.07, 6.45) is -4.37. The van der Waals surface area contributed by atoms with Crippen molar-refractivity contribution < 1.29 is 13.2 Å². The highest BCUT2D eigenvalue weighted by Crippen LogP contribution is 2.37. The number of anilines is 2. The second-order valence-electron chi connectivity index (χ2n) is 5.29. The van der Waals surface area contributed by atoms with Crippen LogP contribution in [0.4, 0.5) is 24.0 Å². The predicted molar refractivity (Wildman–Crippen MR) is 92.2 cm³/mol. The molecule has 126 valence electrons. The van der Waals surface area contributed by atoms with Crippen LogP contribution in [0.25, 0.3) is 10.6 Å². The second kappa shape index (κ2) is 6.18. The summed E-state index contributed by atoms with van der Waals surface area (Å²) in [5.41, 5.74) is 1.62. The second-order valence-corrected chi connectivity index (χ2v) is 7.35. The molecule has 2 aromatic heterocycles. The SMILES string of the molecule is Cc1nc(C)c(-c2csc(Nc3cccc(C(F)(F)F)c3C)n2)s1. The molecular weight excluding hydrogens is 355 g/mol. The first-order valence-corrected chi connectivity index (χ1v) is 8.79. The van der Waals surface area contributed by atoms with Crippen molar-refractivity contribution in [3.63, 3.8) is 0 Å². The van der Waals surface area contributed by atoms with E-state index in [0.717, 1.165) is 27.3 Å². The molecule has 0 bridgehead atoms. The van der Waals surface area contributed by atoms with Crippen LogP contribution in [0.2, 0.25) is 0 Å². The van der Waals surface area contributed by atoms with Crippen LogP contribution >= 0.6 is 22.7 Å². The molecule has 0 spiro atoms. The molecule has 8 heteroatoms. The van der Waals surface area contributed by atoms with Gasteiger partial charge in [-0.25, -0.2) is 9.97 Å². The number of alkyl halides is 3. The molecule has 0 saturated heterocycles. The van der Waals surface area contributed by atoms with Gasteiger partial charge in [0.25, 0.3) is 0 Å². The Morgan fingerprint density at radius 3 is 2.46 bits per heavy atom. The maximum Gasteiger partial charge on any atom is 0.416 e. The predicted octanol–water partition coefficient (Wildman–Crippen LogP) is 5.95. The quantitative estimate of drug-likeness (QED) is 0.619. The zero-order valence-corrected chi connectivity index (χ0v) is 14.8. The summed E-state index contributed by atoms with van der Waals surface area (Å²) < 4.78 is 39.0. The van der Waals surface area contributed by atoms with Crippen molar-refractivity contribution in [2.24, 2.45) is 0 Å². The van der Waals surface area contributed by atoms with E-state index in [4.69, 9.17) is 0 Å². The van der Waals surface area contributed by atoms with Crippen molar-refractivity contribution in [1.82, 2.24) is 9.97 Å². The number of nitrogens with one attached hydrogen (secondary N) is 1. The van der Waals surface area contributed by atoms with Gasteiger partial charge in [-0.1, -0.05) is 6.07 Å². The van der Waals surface area contributed by atoms with Gasteiger partial charge in [0.15, 0.2) is 5.13 Å². The van der Waals surface area contributed by atoms with Crippen molar-refractivity contribution >= 4 is 33.5 Å². The molecule has 1 N–H and O–H groups in total. The third kappa shape index (κ3) is 3.29. The first-order valence-electron chi connectivity index (χ1n) is 7.09. The summed E-state index contributed by atoms with van der Waals surface area (Å²) in [5, 5.41) is 6.38. The van der Waals surface area contributed by atoms with Crippen LogP contribution in [-0.4, -0.2) is 9.97 Å². The number of aromatic nitrogens is 2. The Hall–Kier alpha value is -1.93. The average molecular weight is 369 g/mol. The molecule has 0 aliphatic rings. The van der Waals surface area contributed by atoms with Crippen LogP contribution in [0.1, 0.15) is 21.8 Å². The maximum absolute atomic E-state index is 13.0. The fraction of sp³-hybridized carbons (Fsp3) is 0.250. The highest BCUT2D eigenvalue weighted by Gasteiger charge is 2.32. The molecule has 0 radical (unpaired) electrons. The Labute approximate surface area is 145 Å². The lowest BCUT2D eigenvalue weighted by molar-refractivity contribution is -0.138. The van der Waals surface area contributed by atoms with Crippen LogP contribution in [0.15, 0.2) is 23.6 Å². The van der Waals surface area contributed by atoms with E-state index in [1.807, 2.05) is 19.2 Å². The van der Waals surface area contributed by atoms with Gasteiger partial charge in [-0.05, 0) is 38.5 Å². The van der Waals surface area contributed by atoms with Gasteiger partial charge in [-0.2, -0.15) is 13.2 Å². The molecule has 0 amide bonds. The van der Waals surface area contributed by atoms with Crippen molar-refractivity contribution in [2.75, 3.05) is 5.32 Å². The number of thiazole rings is 2. The summed E-state index contributed by atoms with van der Waals surface area (Å²) in [4.78, 5) is 9.83. The first-order chi connectivity index (χ1) is 11.3. The fourth-order valence-electron chi connectivity index (χ4n) is 2.40. The van der Waals surface area contributed by atoms with E-state index in [1.54, 1.807) is 17.4 Å². The molecule has 0 saturated carbocycles. The van der Waals surface area contributed by atoms with Gasteiger partial charge in [0, 0.05) is 11.1 Å². The lowest BCUT2D eigenvalue weighted by Crippen LogP contribution is -2.08. The Balaban J connectivity index is 1.90. The molecule has 0 unspecified atom stereocenters. The molecule has 2 heterocycles. The van der Waals surface area contributed by atoms with Crippen LogP contribution < -0.4 is 5.32 Å². The fourth-order valence-corrected chi connectivity index (χ4v) is 4.07. The van der Waals surface area contributed by atoms with Crippen molar-refractivity contribution in [3.8, 4) is 10.6 Å². The first kappa shape index (κ1) is 16.9. The monoisotopic (exact) mass is 369 g/mol. The summed E-state index contributed by atoms with van der Waals surface area (Å²) in [7, 11) is 0. The molecule has 0 fully saturated rings. The van der Waals surface area contributed by atoms with E-state index in [1.165, 1.54) is 24.3 Å². The van der Waals surface area contributed by atoms with Crippen molar-refractivity contribution in [2.45, 2.75) is 26.9 Å². The van der Waals surface area contributed by atoms with Gasteiger partial charge < -0.3 is 5.32 Å². The average Bonchev–Trinajstić information content (AvgIpc) is 3.06. The minimum atomic E-state index is -4.37. The molecule has 1 aromatic carbocycles. The van der Waals surface area contributed by atoms with Gasteiger partial charge in [-0.3, -0.25) is 0 Å². The van der Waals surface area contributed by atoms with E-state index in [2.05, 4.69) is 15.3 Å². The van der Waals surface area contributed by atoms with Crippen LogP contribution in [0, 0.1) is 20.8 Å². The number of rotatable bonds is 3. The Kier molecular flexibility index (Phi) is 4.35. The van der Waals surface area contributed by atoms with Crippen LogP contribution in [-0.2, 0) is 6.18 Å².